The molecule has 3 heterocycles. The molecule has 2 aromatic heterocycles. The van der Waals surface area contributed by atoms with E-state index in [-0.39, 0.29) is 11.9 Å². The van der Waals surface area contributed by atoms with Gasteiger partial charge in [0.1, 0.15) is 5.00 Å². The van der Waals surface area contributed by atoms with E-state index in [1.807, 2.05) is 0 Å². The fraction of sp³-hybridized carbons (Fsp3) is 0.348. The lowest BCUT2D eigenvalue weighted by Gasteiger charge is -2.38. The Morgan fingerprint density at radius 2 is 1.90 bits per heavy atom. The van der Waals surface area contributed by atoms with Gasteiger partial charge in [-0.25, -0.2) is 0 Å². The van der Waals surface area contributed by atoms with Gasteiger partial charge in [-0.1, -0.05) is 37.3 Å². The number of furan rings is 1. The number of hydrogen-bond donors (Lipinski definition) is 1. The molecule has 1 aromatic carbocycles. The number of likely N-dealkylation sites (N-methyl/N-ethyl adjacent to an activating group) is 1. The summed E-state index contributed by atoms with van der Waals surface area (Å²) in [4.78, 5) is 18.8. The molecule has 1 aliphatic heterocycles. The van der Waals surface area contributed by atoms with Crippen molar-refractivity contribution >= 4 is 22.2 Å². The second-order valence-corrected chi connectivity index (χ2v) is 8.57. The third-order valence-electron chi connectivity index (χ3n) is 5.45. The number of nitrogens with one attached hydrogen (secondary N) is 1. The van der Waals surface area contributed by atoms with Crippen LogP contribution in [0.15, 0.2) is 59.2 Å². The Morgan fingerprint density at radius 3 is 2.55 bits per heavy atom. The highest BCUT2D eigenvalue weighted by molar-refractivity contribution is 7.16. The van der Waals surface area contributed by atoms with Crippen LogP contribution in [0.2, 0.25) is 0 Å². The molecule has 6 heteroatoms. The topological polar surface area (TPSA) is 48.7 Å². The first kappa shape index (κ1) is 19.9. The zero-order valence-corrected chi connectivity index (χ0v) is 17.7. The number of carbonyl (C=O) groups excluding carboxylic acids is 1. The summed E-state index contributed by atoms with van der Waals surface area (Å²) >= 11 is 1.66. The third-order valence-corrected chi connectivity index (χ3v) is 6.66. The number of anilines is 1. The zero-order chi connectivity index (χ0) is 20.2. The van der Waals surface area contributed by atoms with Gasteiger partial charge in [0.25, 0.3) is 5.91 Å². The van der Waals surface area contributed by atoms with Crippen molar-refractivity contribution in [1.82, 2.24) is 9.80 Å². The molecule has 0 unspecified atom stereocenters. The van der Waals surface area contributed by atoms with Gasteiger partial charge >= 0.3 is 0 Å². The summed E-state index contributed by atoms with van der Waals surface area (Å²) < 4.78 is 5.29. The van der Waals surface area contributed by atoms with Crippen molar-refractivity contribution in [2.75, 3.05) is 38.5 Å². The predicted octanol–water partition coefficient (Wildman–Crippen LogP) is 4.49. The molecule has 3 aromatic rings. The van der Waals surface area contributed by atoms with Gasteiger partial charge < -0.3 is 14.6 Å². The molecule has 0 bridgehead atoms. The lowest BCUT2D eigenvalue weighted by atomic mass is 9.97. The molecule has 0 aliphatic carbocycles. The van der Waals surface area contributed by atoms with Crippen molar-refractivity contribution in [1.29, 1.82) is 0 Å². The number of piperazine rings is 1. The molecule has 1 fully saturated rings. The molecule has 0 saturated carbocycles. The fourth-order valence-electron chi connectivity index (χ4n) is 3.81. The van der Waals surface area contributed by atoms with Gasteiger partial charge in [-0.15, -0.1) is 11.3 Å². The minimum Gasteiger partial charge on any atom is -0.459 e. The molecular formula is C23H27N3O2S. The van der Waals surface area contributed by atoms with E-state index in [4.69, 9.17) is 4.42 Å². The van der Waals surface area contributed by atoms with Crippen LogP contribution in [0.1, 0.15) is 39.5 Å². The first-order valence-corrected chi connectivity index (χ1v) is 10.9. The van der Waals surface area contributed by atoms with E-state index >= 15 is 0 Å². The van der Waals surface area contributed by atoms with Crippen LogP contribution in [0.25, 0.3) is 0 Å². The van der Waals surface area contributed by atoms with Crippen LogP contribution in [0.4, 0.5) is 5.00 Å². The molecular weight excluding hydrogens is 382 g/mol. The maximum atomic E-state index is 12.7. The second kappa shape index (κ2) is 8.95. The van der Waals surface area contributed by atoms with Crippen LogP contribution in [-0.4, -0.2) is 48.9 Å². The molecule has 1 amide bonds. The first-order chi connectivity index (χ1) is 14.2. The standard InChI is InChI=1S/C23H27N3O2S/c1-3-18-16-19(23(29-18)24-22(27)20-10-7-15-28-20)21(17-8-5-4-6-9-17)26-13-11-25(2)12-14-26/h4-10,15-16,21H,3,11-14H2,1-2H3,(H,24,27)/t21-/m0/s1. The highest BCUT2D eigenvalue weighted by Gasteiger charge is 2.29. The van der Waals surface area contributed by atoms with E-state index in [0.717, 1.165) is 37.6 Å². The number of aryl methyl sites for hydroxylation is 1. The van der Waals surface area contributed by atoms with E-state index < -0.39 is 0 Å². The molecule has 5 nitrogen and oxygen atoms in total. The summed E-state index contributed by atoms with van der Waals surface area (Å²) in [6, 6.07) is 16.4. The molecule has 29 heavy (non-hydrogen) atoms. The molecule has 0 radical (unpaired) electrons. The number of rotatable bonds is 6. The number of nitrogens with zero attached hydrogens (tertiary/aromatic N) is 2. The molecule has 4 rings (SSSR count). The summed E-state index contributed by atoms with van der Waals surface area (Å²) in [7, 11) is 2.17. The van der Waals surface area contributed by atoms with Crippen molar-refractivity contribution in [3.05, 3.63) is 76.6 Å². The van der Waals surface area contributed by atoms with Crippen molar-refractivity contribution in [2.24, 2.45) is 0 Å². The minimum absolute atomic E-state index is 0.119. The minimum atomic E-state index is -0.203. The molecule has 1 saturated heterocycles. The van der Waals surface area contributed by atoms with Crippen LogP contribution >= 0.6 is 11.3 Å². The Balaban J connectivity index is 1.71. The number of amides is 1. The van der Waals surface area contributed by atoms with Gasteiger partial charge in [-0.05, 0) is 37.2 Å². The SMILES string of the molecule is CCc1cc([C@H](c2ccccc2)N2CCN(C)CC2)c(NC(=O)c2ccco2)s1. The van der Waals surface area contributed by atoms with E-state index in [1.165, 1.54) is 22.3 Å². The van der Waals surface area contributed by atoms with Gasteiger partial charge in [0, 0.05) is 36.6 Å². The average Bonchev–Trinajstić information content (AvgIpc) is 3.41. The number of benzene rings is 1. The van der Waals surface area contributed by atoms with E-state index in [9.17, 15) is 4.79 Å². The zero-order valence-electron chi connectivity index (χ0n) is 16.9. The summed E-state index contributed by atoms with van der Waals surface area (Å²) in [6.07, 6.45) is 2.47. The van der Waals surface area contributed by atoms with Gasteiger partial charge in [-0.3, -0.25) is 9.69 Å². The number of thiophene rings is 1. The largest absolute Gasteiger partial charge is 0.459 e. The lowest BCUT2D eigenvalue weighted by molar-refractivity contribution is 0.0996. The smallest absolute Gasteiger partial charge is 0.291 e. The van der Waals surface area contributed by atoms with E-state index in [2.05, 4.69) is 65.5 Å². The third kappa shape index (κ3) is 4.45. The monoisotopic (exact) mass is 409 g/mol. The quantitative estimate of drug-likeness (QED) is 0.652. The van der Waals surface area contributed by atoms with Crippen LogP contribution in [0.3, 0.4) is 0 Å². The Morgan fingerprint density at radius 1 is 1.14 bits per heavy atom. The highest BCUT2D eigenvalue weighted by atomic mass is 32.1. The first-order valence-electron chi connectivity index (χ1n) is 10.1. The Bertz CT molecular complexity index is 928. The lowest BCUT2D eigenvalue weighted by Crippen LogP contribution is -2.46. The summed E-state index contributed by atoms with van der Waals surface area (Å²) in [5.41, 5.74) is 2.42. The van der Waals surface area contributed by atoms with E-state index in [0.29, 0.717) is 5.76 Å². The van der Waals surface area contributed by atoms with Crippen LogP contribution in [0, 0.1) is 0 Å². The maximum Gasteiger partial charge on any atom is 0.291 e. The van der Waals surface area contributed by atoms with Crippen LogP contribution in [0.5, 0.6) is 0 Å². The van der Waals surface area contributed by atoms with Crippen molar-refractivity contribution < 1.29 is 9.21 Å². The fourth-order valence-corrected chi connectivity index (χ4v) is 4.83. The van der Waals surface area contributed by atoms with E-state index in [1.54, 1.807) is 23.5 Å². The van der Waals surface area contributed by atoms with Gasteiger partial charge in [0.05, 0.1) is 12.3 Å². The highest BCUT2D eigenvalue weighted by Crippen LogP contribution is 2.39. The van der Waals surface area contributed by atoms with Gasteiger partial charge in [0.2, 0.25) is 0 Å². The molecule has 1 atom stereocenters. The Kier molecular flexibility index (Phi) is 6.13. The summed E-state index contributed by atoms with van der Waals surface area (Å²) in [6.45, 7) is 6.24. The average molecular weight is 410 g/mol. The molecule has 1 aliphatic rings. The Hall–Kier alpha value is -2.41. The van der Waals surface area contributed by atoms with Crippen molar-refractivity contribution in [3.63, 3.8) is 0 Å². The molecule has 0 spiro atoms. The van der Waals surface area contributed by atoms with Crippen molar-refractivity contribution in [3.8, 4) is 0 Å². The summed E-state index contributed by atoms with van der Waals surface area (Å²) in [5, 5.41) is 4.03. The summed E-state index contributed by atoms with van der Waals surface area (Å²) in [5.74, 6) is 0.129. The van der Waals surface area contributed by atoms with Gasteiger partial charge in [0.15, 0.2) is 5.76 Å². The maximum absolute atomic E-state index is 12.7. The Labute approximate surface area is 175 Å². The van der Waals surface area contributed by atoms with Crippen LogP contribution < -0.4 is 5.32 Å². The molecule has 152 valence electrons. The molecule has 1 N–H and O–H groups in total. The predicted molar refractivity (Wildman–Crippen MR) is 118 cm³/mol. The second-order valence-electron chi connectivity index (χ2n) is 7.43. The number of hydrogen-bond acceptors (Lipinski definition) is 5. The normalized spacial score (nSPS) is 16.6. The van der Waals surface area contributed by atoms with Gasteiger partial charge in [-0.2, -0.15) is 0 Å². The number of carbonyl (C=O) groups is 1. The van der Waals surface area contributed by atoms with Crippen molar-refractivity contribution in [2.45, 2.75) is 19.4 Å². The van der Waals surface area contributed by atoms with Crippen LogP contribution in [-0.2, 0) is 6.42 Å².